The molecule has 2 aliphatic rings. The van der Waals surface area contributed by atoms with E-state index in [1.165, 1.54) is 6.42 Å². The van der Waals surface area contributed by atoms with E-state index in [9.17, 15) is 9.59 Å². The summed E-state index contributed by atoms with van der Waals surface area (Å²) in [5, 5.41) is 3.00. The normalized spacial score (nSPS) is 20.4. The molecule has 158 valence electrons. The molecule has 29 heavy (non-hydrogen) atoms. The Morgan fingerprint density at radius 3 is 2.41 bits per heavy atom. The zero-order valence-electron chi connectivity index (χ0n) is 17.6. The van der Waals surface area contributed by atoms with Gasteiger partial charge in [0.1, 0.15) is 5.75 Å². The summed E-state index contributed by atoms with van der Waals surface area (Å²) >= 11 is 0. The van der Waals surface area contributed by atoms with E-state index in [0.717, 1.165) is 42.9 Å². The average molecular weight is 402 g/mol. The number of hydrogen-bond acceptors (Lipinski definition) is 5. The van der Waals surface area contributed by atoms with Gasteiger partial charge in [-0.2, -0.15) is 0 Å². The molecule has 1 aromatic rings. The van der Waals surface area contributed by atoms with E-state index < -0.39 is 6.04 Å². The maximum atomic E-state index is 13.0. The number of esters is 1. The van der Waals surface area contributed by atoms with Gasteiger partial charge in [0.2, 0.25) is 0 Å². The second-order valence-corrected chi connectivity index (χ2v) is 7.32. The molecule has 2 heterocycles. The number of methoxy groups -OCH3 is 1. The zero-order chi connectivity index (χ0) is 20.8. The maximum absolute atomic E-state index is 13.0. The summed E-state index contributed by atoms with van der Waals surface area (Å²) in [7, 11) is 1.61. The number of piperidine rings is 1. The van der Waals surface area contributed by atoms with Crippen LogP contribution in [0.4, 0.5) is 4.79 Å². The molecule has 1 atom stereocenters. The molecule has 2 aliphatic heterocycles. The van der Waals surface area contributed by atoms with Gasteiger partial charge in [-0.25, -0.2) is 9.59 Å². The Bertz CT molecular complexity index is 754. The summed E-state index contributed by atoms with van der Waals surface area (Å²) in [6, 6.07) is 6.69. The van der Waals surface area contributed by atoms with Gasteiger partial charge in [0.15, 0.2) is 0 Å². The number of amides is 2. The van der Waals surface area contributed by atoms with Gasteiger partial charge in [0.05, 0.1) is 25.3 Å². The summed E-state index contributed by atoms with van der Waals surface area (Å²) in [5.74, 6) is 0.347. The lowest BCUT2D eigenvalue weighted by atomic mass is 9.93. The van der Waals surface area contributed by atoms with E-state index >= 15 is 0 Å². The first kappa shape index (κ1) is 21.2. The minimum absolute atomic E-state index is 0.187. The SMILES string of the molecule is CCOC(=O)C1=C(CN2CCCCC2)N(CC)C(=O)N[C@H]1c1ccc(OC)cc1. The van der Waals surface area contributed by atoms with Crippen molar-refractivity contribution in [3.05, 3.63) is 41.1 Å². The van der Waals surface area contributed by atoms with Crippen molar-refractivity contribution in [3.8, 4) is 5.75 Å². The van der Waals surface area contributed by atoms with Crippen LogP contribution < -0.4 is 10.1 Å². The molecule has 2 amide bonds. The number of hydrogen-bond donors (Lipinski definition) is 1. The molecule has 1 N–H and O–H groups in total. The number of likely N-dealkylation sites (tertiary alicyclic amines) is 1. The summed E-state index contributed by atoms with van der Waals surface area (Å²) < 4.78 is 10.6. The van der Waals surface area contributed by atoms with Crippen LogP contribution in [0.1, 0.15) is 44.7 Å². The predicted octanol–water partition coefficient (Wildman–Crippen LogP) is 3.08. The third kappa shape index (κ3) is 4.72. The van der Waals surface area contributed by atoms with E-state index in [0.29, 0.717) is 18.7 Å². The van der Waals surface area contributed by atoms with Crippen LogP contribution in [-0.4, -0.2) is 61.7 Å². The monoisotopic (exact) mass is 401 g/mol. The molecule has 0 radical (unpaired) electrons. The van der Waals surface area contributed by atoms with E-state index in [1.807, 2.05) is 31.2 Å². The van der Waals surface area contributed by atoms with Crippen LogP contribution >= 0.6 is 0 Å². The number of ether oxygens (including phenoxy) is 2. The highest BCUT2D eigenvalue weighted by atomic mass is 16.5. The molecule has 0 aromatic heterocycles. The second kappa shape index (κ2) is 9.78. The third-order valence-electron chi connectivity index (χ3n) is 5.52. The fourth-order valence-electron chi connectivity index (χ4n) is 4.03. The Labute approximate surface area is 172 Å². The fraction of sp³-hybridized carbons (Fsp3) is 0.545. The van der Waals surface area contributed by atoms with Crippen molar-refractivity contribution in [2.45, 2.75) is 39.2 Å². The molecule has 0 unspecified atom stereocenters. The molecule has 7 nitrogen and oxygen atoms in total. The van der Waals surface area contributed by atoms with Gasteiger partial charge in [0, 0.05) is 18.8 Å². The Balaban J connectivity index is 2.05. The topological polar surface area (TPSA) is 71.1 Å². The van der Waals surface area contributed by atoms with Crippen molar-refractivity contribution < 1.29 is 19.1 Å². The van der Waals surface area contributed by atoms with E-state index in [4.69, 9.17) is 9.47 Å². The Morgan fingerprint density at radius 1 is 1.14 bits per heavy atom. The van der Waals surface area contributed by atoms with Crippen molar-refractivity contribution in [1.29, 1.82) is 0 Å². The summed E-state index contributed by atoms with van der Waals surface area (Å²) in [6.07, 6.45) is 3.51. The van der Waals surface area contributed by atoms with Gasteiger partial charge in [-0.05, 0) is 57.5 Å². The molecule has 1 fully saturated rings. The zero-order valence-corrected chi connectivity index (χ0v) is 17.6. The fourth-order valence-corrected chi connectivity index (χ4v) is 4.03. The number of benzene rings is 1. The Kier molecular flexibility index (Phi) is 7.14. The number of likely N-dealkylation sites (N-methyl/N-ethyl adjacent to an activating group) is 1. The highest BCUT2D eigenvalue weighted by Gasteiger charge is 2.38. The summed E-state index contributed by atoms with van der Waals surface area (Å²) in [6.45, 7) is 7.03. The first-order valence-corrected chi connectivity index (χ1v) is 10.4. The maximum Gasteiger partial charge on any atom is 0.338 e. The standard InChI is InChI=1S/C22H31N3O4/c1-4-25-18(15-24-13-7-6-8-14-24)19(21(26)29-5-2)20(23-22(25)27)16-9-11-17(28-3)12-10-16/h9-12,20H,4-8,13-15H2,1-3H3,(H,23,27)/t20-/m0/s1. The van der Waals surface area contributed by atoms with Crippen molar-refractivity contribution in [1.82, 2.24) is 15.1 Å². The molecule has 1 saturated heterocycles. The predicted molar refractivity (Wildman–Crippen MR) is 111 cm³/mol. The lowest BCUT2D eigenvalue weighted by Crippen LogP contribution is -2.51. The number of rotatable bonds is 7. The van der Waals surface area contributed by atoms with Crippen molar-refractivity contribution >= 4 is 12.0 Å². The van der Waals surface area contributed by atoms with Crippen LogP contribution in [0.15, 0.2) is 35.5 Å². The van der Waals surface area contributed by atoms with E-state index in [-0.39, 0.29) is 18.6 Å². The lowest BCUT2D eigenvalue weighted by molar-refractivity contribution is -0.139. The highest BCUT2D eigenvalue weighted by molar-refractivity contribution is 5.95. The van der Waals surface area contributed by atoms with Crippen molar-refractivity contribution in [2.75, 3.05) is 39.9 Å². The number of urea groups is 1. The van der Waals surface area contributed by atoms with Gasteiger partial charge >= 0.3 is 12.0 Å². The Hall–Kier alpha value is -2.54. The summed E-state index contributed by atoms with van der Waals surface area (Å²) in [5.41, 5.74) is 2.09. The minimum Gasteiger partial charge on any atom is -0.497 e. The third-order valence-corrected chi connectivity index (χ3v) is 5.52. The molecule has 0 spiro atoms. The smallest absolute Gasteiger partial charge is 0.338 e. The van der Waals surface area contributed by atoms with Gasteiger partial charge in [-0.1, -0.05) is 18.6 Å². The molecule has 3 rings (SSSR count). The first-order valence-electron chi connectivity index (χ1n) is 10.4. The van der Waals surface area contributed by atoms with Gasteiger partial charge in [-0.3, -0.25) is 9.80 Å². The van der Waals surface area contributed by atoms with Gasteiger partial charge in [0.25, 0.3) is 0 Å². The van der Waals surface area contributed by atoms with Crippen LogP contribution in [0.2, 0.25) is 0 Å². The van der Waals surface area contributed by atoms with Crippen molar-refractivity contribution in [3.63, 3.8) is 0 Å². The number of nitrogens with zero attached hydrogens (tertiary/aromatic N) is 2. The van der Waals surface area contributed by atoms with Crippen LogP contribution in [-0.2, 0) is 9.53 Å². The highest BCUT2D eigenvalue weighted by Crippen LogP contribution is 2.33. The molecule has 0 aliphatic carbocycles. The Morgan fingerprint density at radius 2 is 1.83 bits per heavy atom. The molecule has 1 aromatic carbocycles. The number of nitrogens with one attached hydrogen (secondary N) is 1. The second-order valence-electron chi connectivity index (χ2n) is 7.32. The molecule has 0 saturated carbocycles. The summed E-state index contributed by atoms with van der Waals surface area (Å²) in [4.78, 5) is 29.9. The van der Waals surface area contributed by atoms with Crippen LogP contribution in [0.3, 0.4) is 0 Å². The quantitative estimate of drug-likeness (QED) is 0.711. The van der Waals surface area contributed by atoms with Crippen LogP contribution in [0.5, 0.6) is 5.75 Å². The molecular formula is C22H31N3O4. The first-order chi connectivity index (χ1) is 14.1. The van der Waals surface area contributed by atoms with Crippen molar-refractivity contribution in [2.24, 2.45) is 0 Å². The van der Waals surface area contributed by atoms with Gasteiger partial charge in [-0.15, -0.1) is 0 Å². The van der Waals surface area contributed by atoms with Crippen LogP contribution in [0.25, 0.3) is 0 Å². The van der Waals surface area contributed by atoms with E-state index in [1.54, 1.807) is 18.9 Å². The average Bonchev–Trinajstić information content (AvgIpc) is 2.74. The molecule has 7 heteroatoms. The molecular weight excluding hydrogens is 370 g/mol. The van der Waals surface area contributed by atoms with Crippen LogP contribution in [0, 0.1) is 0 Å². The van der Waals surface area contributed by atoms with E-state index in [2.05, 4.69) is 10.2 Å². The number of carbonyl (C=O) groups is 2. The minimum atomic E-state index is -0.546. The lowest BCUT2D eigenvalue weighted by Gasteiger charge is -2.39. The number of carbonyl (C=O) groups excluding carboxylic acids is 2. The largest absolute Gasteiger partial charge is 0.497 e. The molecule has 0 bridgehead atoms. The van der Waals surface area contributed by atoms with Gasteiger partial charge < -0.3 is 14.8 Å².